The van der Waals surface area contributed by atoms with Crippen molar-refractivity contribution < 1.29 is 19.4 Å². The molecule has 2 aliphatic heterocycles. The third-order valence-electron chi connectivity index (χ3n) is 4.96. The minimum absolute atomic E-state index is 0.0432. The van der Waals surface area contributed by atoms with Gasteiger partial charge in [0.2, 0.25) is 5.91 Å². The summed E-state index contributed by atoms with van der Waals surface area (Å²) in [5.41, 5.74) is 2.10. The van der Waals surface area contributed by atoms with Gasteiger partial charge in [0, 0.05) is 32.6 Å². The van der Waals surface area contributed by atoms with Gasteiger partial charge in [-0.15, -0.1) is 0 Å². The van der Waals surface area contributed by atoms with Crippen molar-refractivity contribution in [2.24, 2.45) is 5.92 Å². The molecule has 3 rings (SSSR count). The van der Waals surface area contributed by atoms with E-state index in [1.807, 2.05) is 24.3 Å². The molecule has 5 heteroatoms. The van der Waals surface area contributed by atoms with Crippen molar-refractivity contribution in [2.75, 3.05) is 13.2 Å². The number of benzene rings is 1. The summed E-state index contributed by atoms with van der Waals surface area (Å²) in [6.45, 7) is 1.95. The number of aliphatic carboxylic acids is 1. The standard InChI is InChI=1S/C18H23NO4/c20-17(6-5-13-7-9-23-10-8-13)19-12-15-4-2-1-3-14(15)11-16(19)18(21)22/h1-4,13,16H,5-12H2,(H,21,22)/t16-/m0/s1. The van der Waals surface area contributed by atoms with Gasteiger partial charge in [0.15, 0.2) is 0 Å². The predicted octanol–water partition coefficient (Wildman–Crippen LogP) is 2.23. The zero-order valence-corrected chi connectivity index (χ0v) is 13.2. The van der Waals surface area contributed by atoms with Crippen LogP contribution >= 0.6 is 0 Å². The first kappa shape index (κ1) is 16.0. The van der Waals surface area contributed by atoms with E-state index in [1.165, 1.54) is 0 Å². The number of ether oxygens (including phenoxy) is 1. The van der Waals surface area contributed by atoms with Crippen molar-refractivity contribution in [1.29, 1.82) is 0 Å². The predicted molar refractivity (Wildman–Crippen MR) is 84.9 cm³/mol. The molecular formula is C18H23NO4. The van der Waals surface area contributed by atoms with Crippen LogP contribution in [0.4, 0.5) is 0 Å². The molecule has 1 aromatic carbocycles. The van der Waals surface area contributed by atoms with E-state index < -0.39 is 12.0 Å². The number of fused-ring (bicyclic) bond motifs is 1. The molecule has 23 heavy (non-hydrogen) atoms. The van der Waals surface area contributed by atoms with Crippen LogP contribution in [0.5, 0.6) is 0 Å². The molecule has 0 saturated carbocycles. The molecule has 1 saturated heterocycles. The fourth-order valence-electron chi connectivity index (χ4n) is 3.51. The van der Waals surface area contributed by atoms with Gasteiger partial charge >= 0.3 is 5.97 Å². The Morgan fingerprint density at radius 1 is 1.17 bits per heavy atom. The van der Waals surface area contributed by atoms with Gasteiger partial charge in [0.1, 0.15) is 6.04 Å². The maximum absolute atomic E-state index is 12.6. The van der Waals surface area contributed by atoms with Crippen LogP contribution in [0.3, 0.4) is 0 Å². The second kappa shape index (κ2) is 7.13. The molecule has 1 aromatic rings. The average Bonchev–Trinajstić information content (AvgIpc) is 2.59. The molecule has 0 unspecified atom stereocenters. The highest BCUT2D eigenvalue weighted by Gasteiger charge is 2.34. The molecule has 124 valence electrons. The monoisotopic (exact) mass is 317 g/mol. The van der Waals surface area contributed by atoms with Crippen LogP contribution in [0.25, 0.3) is 0 Å². The summed E-state index contributed by atoms with van der Waals surface area (Å²) < 4.78 is 5.34. The number of rotatable bonds is 4. The zero-order chi connectivity index (χ0) is 16.2. The summed E-state index contributed by atoms with van der Waals surface area (Å²) in [6, 6.07) is 7.04. The third kappa shape index (κ3) is 3.72. The van der Waals surface area contributed by atoms with E-state index in [0.29, 0.717) is 25.3 Å². The van der Waals surface area contributed by atoms with Crippen molar-refractivity contribution in [3.8, 4) is 0 Å². The first-order valence-electron chi connectivity index (χ1n) is 8.32. The summed E-state index contributed by atoms with van der Waals surface area (Å²) in [5.74, 6) is -0.439. The zero-order valence-electron chi connectivity index (χ0n) is 13.2. The molecule has 2 aliphatic rings. The number of hydrogen-bond acceptors (Lipinski definition) is 3. The van der Waals surface area contributed by atoms with Crippen molar-refractivity contribution in [3.05, 3.63) is 35.4 Å². The molecule has 0 aliphatic carbocycles. The lowest BCUT2D eigenvalue weighted by atomic mass is 9.92. The molecule has 0 radical (unpaired) electrons. The quantitative estimate of drug-likeness (QED) is 0.925. The fraction of sp³-hybridized carbons (Fsp3) is 0.556. The van der Waals surface area contributed by atoms with E-state index >= 15 is 0 Å². The SMILES string of the molecule is O=C(O)[C@@H]1Cc2ccccc2CN1C(=O)CCC1CCOCC1. The largest absolute Gasteiger partial charge is 0.480 e. The van der Waals surface area contributed by atoms with E-state index in [-0.39, 0.29) is 5.91 Å². The van der Waals surface area contributed by atoms with Gasteiger partial charge < -0.3 is 14.7 Å². The Kier molecular flexibility index (Phi) is 4.96. The van der Waals surface area contributed by atoms with Gasteiger partial charge in [-0.1, -0.05) is 24.3 Å². The summed E-state index contributed by atoms with van der Waals surface area (Å²) >= 11 is 0. The molecule has 1 amide bonds. The maximum atomic E-state index is 12.6. The minimum atomic E-state index is -0.918. The van der Waals surface area contributed by atoms with Crippen molar-refractivity contribution in [1.82, 2.24) is 4.90 Å². The first-order valence-corrected chi connectivity index (χ1v) is 8.32. The Labute approximate surface area is 136 Å². The molecule has 1 fully saturated rings. The van der Waals surface area contributed by atoms with Crippen LogP contribution in [0.15, 0.2) is 24.3 Å². The molecule has 2 heterocycles. The highest BCUT2D eigenvalue weighted by molar-refractivity contribution is 5.84. The molecule has 1 N–H and O–H groups in total. The van der Waals surface area contributed by atoms with Crippen molar-refractivity contribution in [3.63, 3.8) is 0 Å². The minimum Gasteiger partial charge on any atom is -0.480 e. The number of hydrogen-bond donors (Lipinski definition) is 1. The Balaban J connectivity index is 1.66. The summed E-state index contributed by atoms with van der Waals surface area (Å²) in [6.07, 6.45) is 3.65. The van der Waals surface area contributed by atoms with E-state index in [0.717, 1.165) is 43.6 Å². The Bertz CT molecular complexity index is 580. The van der Waals surface area contributed by atoms with Crippen molar-refractivity contribution >= 4 is 11.9 Å². The highest BCUT2D eigenvalue weighted by Crippen LogP contribution is 2.26. The van der Waals surface area contributed by atoms with Gasteiger partial charge in [-0.2, -0.15) is 0 Å². The van der Waals surface area contributed by atoms with E-state index in [1.54, 1.807) is 4.90 Å². The summed E-state index contributed by atoms with van der Waals surface area (Å²) in [7, 11) is 0. The lowest BCUT2D eigenvalue weighted by Gasteiger charge is -2.35. The molecule has 0 spiro atoms. The van der Waals surface area contributed by atoms with E-state index in [9.17, 15) is 14.7 Å². The van der Waals surface area contributed by atoms with Crippen LogP contribution in [-0.2, 0) is 27.3 Å². The van der Waals surface area contributed by atoms with E-state index in [2.05, 4.69) is 0 Å². The van der Waals surface area contributed by atoms with Gasteiger partial charge in [-0.25, -0.2) is 4.79 Å². The lowest BCUT2D eigenvalue weighted by Crippen LogP contribution is -2.48. The van der Waals surface area contributed by atoms with Crippen LogP contribution in [0, 0.1) is 5.92 Å². The lowest BCUT2D eigenvalue weighted by molar-refractivity contribution is -0.151. The maximum Gasteiger partial charge on any atom is 0.326 e. The number of nitrogens with zero attached hydrogens (tertiary/aromatic N) is 1. The van der Waals surface area contributed by atoms with Crippen LogP contribution in [-0.4, -0.2) is 41.1 Å². The number of amides is 1. The van der Waals surface area contributed by atoms with Gasteiger partial charge in [-0.05, 0) is 36.3 Å². The van der Waals surface area contributed by atoms with Crippen LogP contribution < -0.4 is 0 Å². The number of carboxylic acids is 1. The number of carbonyl (C=O) groups excluding carboxylic acids is 1. The van der Waals surface area contributed by atoms with Crippen molar-refractivity contribution in [2.45, 2.75) is 44.7 Å². The third-order valence-corrected chi connectivity index (χ3v) is 4.96. The average molecular weight is 317 g/mol. The number of carbonyl (C=O) groups is 2. The first-order chi connectivity index (χ1) is 11.1. The Hall–Kier alpha value is -1.88. The molecular weight excluding hydrogens is 294 g/mol. The van der Waals surface area contributed by atoms with Crippen LogP contribution in [0.1, 0.15) is 36.8 Å². The molecule has 1 atom stereocenters. The Morgan fingerprint density at radius 3 is 2.57 bits per heavy atom. The summed E-state index contributed by atoms with van der Waals surface area (Å²) in [4.78, 5) is 25.7. The summed E-state index contributed by atoms with van der Waals surface area (Å²) in [5, 5.41) is 9.49. The second-order valence-corrected chi connectivity index (χ2v) is 6.44. The second-order valence-electron chi connectivity index (χ2n) is 6.44. The van der Waals surface area contributed by atoms with E-state index in [4.69, 9.17) is 4.74 Å². The van der Waals surface area contributed by atoms with Crippen LogP contribution in [0.2, 0.25) is 0 Å². The fourth-order valence-corrected chi connectivity index (χ4v) is 3.51. The smallest absolute Gasteiger partial charge is 0.326 e. The van der Waals surface area contributed by atoms with Gasteiger partial charge in [0.05, 0.1) is 0 Å². The van der Waals surface area contributed by atoms with Gasteiger partial charge in [-0.3, -0.25) is 4.79 Å². The molecule has 0 bridgehead atoms. The highest BCUT2D eigenvalue weighted by atomic mass is 16.5. The molecule has 5 nitrogen and oxygen atoms in total. The normalized spacial score (nSPS) is 21.7. The van der Waals surface area contributed by atoms with Gasteiger partial charge in [0.25, 0.3) is 0 Å². The number of carboxylic acid groups (broad SMARTS) is 1. The Morgan fingerprint density at radius 2 is 1.87 bits per heavy atom. The topological polar surface area (TPSA) is 66.8 Å². The molecule has 0 aromatic heterocycles.